The largest absolute Gasteiger partial charge is 0.461 e. The number of sulfonamides is 1. The Kier molecular flexibility index (Phi) is 6.58. The Balaban J connectivity index is 1.81. The SMILES string of the molecule is CCCOC(=O)c1ccc(C(=O)NS(=O)(=O)c2ccccc2-c2ccccc2)cn1. The number of amides is 1. The standard InChI is InChI=1S/C22H20N2O5S/c1-2-14-29-22(26)19-13-12-17(15-23-19)21(25)24-30(27,28)20-11-7-6-10-18(20)16-8-4-3-5-9-16/h3-13,15H,2,14H2,1H3,(H,24,25). The second kappa shape index (κ2) is 9.32. The zero-order chi connectivity index (χ0) is 21.6. The van der Waals surface area contributed by atoms with E-state index in [0.717, 1.165) is 6.20 Å². The number of benzene rings is 2. The summed E-state index contributed by atoms with van der Waals surface area (Å²) in [6, 6.07) is 18.1. The molecule has 0 radical (unpaired) electrons. The first-order valence-corrected chi connectivity index (χ1v) is 10.8. The molecular formula is C22H20N2O5S. The van der Waals surface area contributed by atoms with Crippen molar-refractivity contribution < 1.29 is 22.7 Å². The van der Waals surface area contributed by atoms with Crippen molar-refractivity contribution in [1.82, 2.24) is 9.71 Å². The van der Waals surface area contributed by atoms with Crippen LogP contribution in [0.25, 0.3) is 11.1 Å². The average Bonchev–Trinajstić information content (AvgIpc) is 2.78. The van der Waals surface area contributed by atoms with Gasteiger partial charge in [-0.15, -0.1) is 0 Å². The Labute approximate surface area is 174 Å². The Morgan fingerprint density at radius 3 is 2.33 bits per heavy atom. The number of rotatable bonds is 7. The molecule has 0 saturated heterocycles. The van der Waals surface area contributed by atoms with Crippen LogP contribution >= 0.6 is 0 Å². The van der Waals surface area contributed by atoms with Crippen LogP contribution in [0.4, 0.5) is 0 Å². The molecule has 8 heteroatoms. The quantitative estimate of drug-likeness (QED) is 0.583. The zero-order valence-electron chi connectivity index (χ0n) is 16.2. The highest BCUT2D eigenvalue weighted by Gasteiger charge is 2.23. The molecule has 0 saturated carbocycles. The van der Waals surface area contributed by atoms with Crippen LogP contribution < -0.4 is 4.72 Å². The smallest absolute Gasteiger partial charge is 0.356 e. The van der Waals surface area contributed by atoms with Crippen LogP contribution in [0.1, 0.15) is 34.2 Å². The summed E-state index contributed by atoms with van der Waals surface area (Å²) >= 11 is 0. The van der Waals surface area contributed by atoms with E-state index >= 15 is 0 Å². The van der Waals surface area contributed by atoms with Crippen molar-refractivity contribution in [3.05, 3.63) is 84.2 Å². The van der Waals surface area contributed by atoms with Crippen LogP contribution in [-0.2, 0) is 14.8 Å². The molecule has 0 aliphatic rings. The molecule has 0 spiro atoms. The summed E-state index contributed by atoms with van der Waals surface area (Å²) in [4.78, 5) is 28.2. The molecule has 3 rings (SSSR count). The van der Waals surface area contributed by atoms with Crippen molar-refractivity contribution in [1.29, 1.82) is 0 Å². The van der Waals surface area contributed by atoms with Gasteiger partial charge in [0.25, 0.3) is 15.9 Å². The van der Waals surface area contributed by atoms with Crippen molar-refractivity contribution in [3.63, 3.8) is 0 Å². The topological polar surface area (TPSA) is 102 Å². The molecule has 0 bridgehead atoms. The van der Waals surface area contributed by atoms with Gasteiger partial charge in [-0.3, -0.25) is 4.79 Å². The summed E-state index contributed by atoms with van der Waals surface area (Å²) in [6.45, 7) is 2.13. The van der Waals surface area contributed by atoms with Gasteiger partial charge in [-0.2, -0.15) is 0 Å². The van der Waals surface area contributed by atoms with Crippen LogP contribution in [0, 0.1) is 0 Å². The summed E-state index contributed by atoms with van der Waals surface area (Å²) in [5, 5.41) is 0. The first-order chi connectivity index (χ1) is 14.4. The molecular weight excluding hydrogens is 404 g/mol. The number of esters is 1. The molecule has 2 aromatic carbocycles. The number of nitrogens with one attached hydrogen (secondary N) is 1. The van der Waals surface area contributed by atoms with Gasteiger partial charge in [0, 0.05) is 11.8 Å². The minimum atomic E-state index is -4.14. The van der Waals surface area contributed by atoms with E-state index in [4.69, 9.17) is 4.74 Å². The zero-order valence-corrected chi connectivity index (χ0v) is 17.1. The molecule has 0 fully saturated rings. The fourth-order valence-corrected chi connectivity index (χ4v) is 3.92. The lowest BCUT2D eigenvalue weighted by atomic mass is 10.1. The lowest BCUT2D eigenvalue weighted by molar-refractivity contribution is 0.0497. The van der Waals surface area contributed by atoms with Crippen molar-refractivity contribution in [2.75, 3.05) is 6.61 Å². The van der Waals surface area contributed by atoms with E-state index < -0.39 is 21.9 Å². The Hall–Kier alpha value is -3.52. The third-order valence-corrected chi connectivity index (χ3v) is 5.55. The number of nitrogens with zero attached hydrogens (tertiary/aromatic N) is 1. The molecule has 0 atom stereocenters. The number of pyridine rings is 1. The van der Waals surface area contributed by atoms with Crippen molar-refractivity contribution in [2.45, 2.75) is 18.2 Å². The third-order valence-electron chi connectivity index (χ3n) is 4.16. The number of aromatic nitrogens is 1. The highest BCUT2D eigenvalue weighted by atomic mass is 32.2. The summed E-state index contributed by atoms with van der Waals surface area (Å²) in [5.74, 6) is -1.45. The van der Waals surface area contributed by atoms with E-state index in [9.17, 15) is 18.0 Å². The average molecular weight is 424 g/mol. The van der Waals surface area contributed by atoms with E-state index in [1.54, 1.807) is 42.5 Å². The molecule has 3 aromatic rings. The summed E-state index contributed by atoms with van der Waals surface area (Å²) in [5.41, 5.74) is 1.23. The van der Waals surface area contributed by atoms with Gasteiger partial charge in [-0.1, -0.05) is 55.5 Å². The van der Waals surface area contributed by atoms with Crippen LogP contribution in [0.3, 0.4) is 0 Å². The lowest BCUT2D eigenvalue weighted by Crippen LogP contribution is -2.31. The molecule has 7 nitrogen and oxygen atoms in total. The first kappa shape index (κ1) is 21.2. The van der Waals surface area contributed by atoms with Gasteiger partial charge in [-0.05, 0) is 30.2 Å². The first-order valence-electron chi connectivity index (χ1n) is 9.27. The van der Waals surface area contributed by atoms with Gasteiger partial charge in [0.15, 0.2) is 0 Å². The lowest BCUT2D eigenvalue weighted by Gasteiger charge is -2.12. The third kappa shape index (κ3) is 4.90. The van der Waals surface area contributed by atoms with E-state index in [1.165, 1.54) is 18.2 Å². The van der Waals surface area contributed by atoms with Crippen molar-refractivity contribution >= 4 is 21.9 Å². The highest BCUT2D eigenvalue weighted by molar-refractivity contribution is 7.90. The minimum absolute atomic E-state index is 0.00260. The van der Waals surface area contributed by atoms with Gasteiger partial charge in [-0.25, -0.2) is 22.9 Å². The molecule has 1 amide bonds. The van der Waals surface area contributed by atoms with Crippen LogP contribution in [-0.4, -0.2) is 31.9 Å². The summed E-state index contributed by atoms with van der Waals surface area (Å²) < 4.78 is 32.8. The predicted octanol–water partition coefficient (Wildman–Crippen LogP) is 3.43. The predicted molar refractivity (Wildman–Crippen MR) is 111 cm³/mol. The fourth-order valence-electron chi connectivity index (χ4n) is 2.71. The maximum Gasteiger partial charge on any atom is 0.356 e. The van der Waals surface area contributed by atoms with Crippen molar-refractivity contribution in [3.8, 4) is 11.1 Å². The molecule has 0 aliphatic carbocycles. The van der Waals surface area contributed by atoms with Gasteiger partial charge in [0.1, 0.15) is 5.69 Å². The Morgan fingerprint density at radius 2 is 1.67 bits per heavy atom. The van der Waals surface area contributed by atoms with Crippen LogP contribution in [0.2, 0.25) is 0 Å². The molecule has 1 N–H and O–H groups in total. The van der Waals surface area contributed by atoms with E-state index in [2.05, 4.69) is 9.71 Å². The van der Waals surface area contributed by atoms with Crippen LogP contribution in [0.15, 0.2) is 77.8 Å². The summed E-state index contributed by atoms with van der Waals surface area (Å²) in [6.07, 6.45) is 1.81. The van der Waals surface area contributed by atoms with Crippen molar-refractivity contribution in [2.24, 2.45) is 0 Å². The molecule has 1 heterocycles. The molecule has 0 aliphatic heterocycles. The Morgan fingerprint density at radius 1 is 0.967 bits per heavy atom. The molecule has 30 heavy (non-hydrogen) atoms. The van der Waals surface area contributed by atoms with Gasteiger partial charge in [0.05, 0.1) is 17.1 Å². The number of ether oxygens (including phenoxy) is 1. The fraction of sp³-hybridized carbons (Fsp3) is 0.136. The second-order valence-corrected chi connectivity index (χ2v) is 8.02. The number of hydrogen-bond donors (Lipinski definition) is 1. The maximum atomic E-state index is 12.9. The minimum Gasteiger partial charge on any atom is -0.461 e. The van der Waals surface area contributed by atoms with Gasteiger partial charge in [0.2, 0.25) is 0 Å². The molecule has 154 valence electrons. The monoisotopic (exact) mass is 424 g/mol. The van der Waals surface area contributed by atoms with Crippen LogP contribution in [0.5, 0.6) is 0 Å². The number of carbonyl (C=O) groups excluding carboxylic acids is 2. The highest BCUT2D eigenvalue weighted by Crippen LogP contribution is 2.27. The van der Waals surface area contributed by atoms with Gasteiger partial charge >= 0.3 is 5.97 Å². The van der Waals surface area contributed by atoms with Gasteiger partial charge < -0.3 is 4.74 Å². The molecule has 1 aromatic heterocycles. The normalized spacial score (nSPS) is 11.0. The Bertz CT molecular complexity index is 1140. The number of carbonyl (C=O) groups is 2. The molecule has 0 unspecified atom stereocenters. The van der Waals surface area contributed by atoms with E-state index in [0.29, 0.717) is 17.5 Å². The van der Waals surface area contributed by atoms with E-state index in [1.807, 2.05) is 13.0 Å². The number of hydrogen-bond acceptors (Lipinski definition) is 6. The summed E-state index contributed by atoms with van der Waals surface area (Å²) in [7, 11) is -4.14. The van der Waals surface area contributed by atoms with E-state index in [-0.39, 0.29) is 22.8 Å². The maximum absolute atomic E-state index is 12.9. The second-order valence-electron chi connectivity index (χ2n) is 6.36.